The molecule has 0 spiro atoms. The minimum atomic E-state index is -0.494. The molecule has 0 saturated carbocycles. The van der Waals surface area contributed by atoms with Crippen LogP contribution in [0.4, 0.5) is 5.82 Å². The summed E-state index contributed by atoms with van der Waals surface area (Å²) in [7, 11) is 0. The van der Waals surface area contributed by atoms with Gasteiger partial charge in [0.25, 0.3) is 5.91 Å². The topological polar surface area (TPSA) is 104 Å². The molecule has 1 fully saturated rings. The molecule has 1 saturated heterocycles. The smallest absolute Gasteiger partial charge is 0.351 e. The number of aromatic nitrogens is 2. The van der Waals surface area contributed by atoms with Crippen LogP contribution < -0.4 is 11.0 Å². The van der Waals surface area contributed by atoms with Gasteiger partial charge in [0.15, 0.2) is 0 Å². The number of nitrogens with one attached hydrogen (secondary N) is 1. The van der Waals surface area contributed by atoms with Gasteiger partial charge in [-0.1, -0.05) is 18.2 Å². The van der Waals surface area contributed by atoms with Gasteiger partial charge in [0.2, 0.25) is 0 Å². The highest BCUT2D eigenvalue weighted by molar-refractivity contribution is 8.19. The average molecular weight is 379 g/mol. The second-order valence-corrected chi connectivity index (χ2v) is 8.29. The Morgan fingerprint density at radius 3 is 2.32 bits per heavy atom. The fourth-order valence-corrected chi connectivity index (χ4v) is 5.75. The number of hydrogen-bond acceptors (Lipinski definition) is 7. The first kappa shape index (κ1) is 18.0. The van der Waals surface area contributed by atoms with E-state index in [0.29, 0.717) is 5.56 Å². The van der Waals surface area contributed by atoms with Crippen LogP contribution in [0.1, 0.15) is 15.1 Å². The zero-order valence-electron chi connectivity index (χ0n) is 13.1. The van der Waals surface area contributed by atoms with Crippen LogP contribution >= 0.6 is 23.5 Å². The van der Waals surface area contributed by atoms with Crippen molar-refractivity contribution in [2.75, 3.05) is 18.5 Å². The summed E-state index contributed by atoms with van der Waals surface area (Å²) >= 11 is 2.83. The Bertz CT molecular complexity index is 787. The molecule has 1 aromatic heterocycles. The van der Waals surface area contributed by atoms with E-state index in [4.69, 9.17) is 0 Å². The highest BCUT2D eigenvalue weighted by atomic mass is 32.2. The molecule has 0 aliphatic carbocycles. The Morgan fingerprint density at radius 2 is 1.76 bits per heavy atom. The number of carbonyl (C=O) groups is 1. The van der Waals surface area contributed by atoms with E-state index in [1.807, 2.05) is 6.07 Å². The molecule has 1 amide bonds. The summed E-state index contributed by atoms with van der Waals surface area (Å²) in [6.45, 7) is -0.125. The summed E-state index contributed by atoms with van der Waals surface area (Å²) in [6, 6.07) is 10.2. The van der Waals surface area contributed by atoms with Crippen molar-refractivity contribution in [3.05, 3.63) is 58.6 Å². The van der Waals surface area contributed by atoms with E-state index in [1.54, 1.807) is 36.5 Å². The number of aliphatic hydroxyl groups is 2. The van der Waals surface area contributed by atoms with E-state index in [2.05, 4.69) is 10.3 Å². The molecule has 7 nitrogen and oxygen atoms in total. The number of benzene rings is 1. The van der Waals surface area contributed by atoms with Crippen LogP contribution in [0.2, 0.25) is 0 Å². The zero-order chi connectivity index (χ0) is 17.8. The van der Waals surface area contributed by atoms with Crippen molar-refractivity contribution in [3.63, 3.8) is 0 Å². The minimum Gasteiger partial charge on any atom is -0.395 e. The second-order valence-electron chi connectivity index (χ2n) is 5.34. The Kier molecular flexibility index (Phi) is 5.79. The molecule has 3 rings (SSSR count). The maximum Gasteiger partial charge on any atom is 0.351 e. The molecule has 9 heteroatoms. The third-order valence-corrected chi connectivity index (χ3v) is 7.10. The average Bonchev–Trinajstić information content (AvgIpc) is 3.05. The van der Waals surface area contributed by atoms with E-state index >= 15 is 0 Å². The number of aliphatic hydroxyl groups excluding tert-OH is 2. The second kappa shape index (κ2) is 8.05. The monoisotopic (exact) mass is 379 g/mol. The standard InChI is InChI=1S/C16H17N3O4S2/c20-8-11-12(9-21)25-16(24-11)19-7-6-13(18-15(19)23)17-14(22)10-4-2-1-3-5-10/h1-7,11-12,16,20-21H,8-9H2,(H,17,18,22,23)/t11-,12-/m1/s1. The summed E-state index contributed by atoms with van der Waals surface area (Å²) in [5.74, 6) is -0.156. The molecule has 1 aromatic carbocycles. The first-order valence-electron chi connectivity index (χ1n) is 7.60. The third kappa shape index (κ3) is 4.06. The summed E-state index contributed by atoms with van der Waals surface area (Å²) in [5.41, 5.74) is -0.0156. The number of amides is 1. The van der Waals surface area contributed by atoms with Gasteiger partial charge in [-0.25, -0.2) is 4.79 Å². The summed E-state index contributed by atoms with van der Waals surface area (Å²) in [4.78, 5) is 28.3. The van der Waals surface area contributed by atoms with Crippen molar-refractivity contribution in [2.24, 2.45) is 0 Å². The molecule has 3 N–H and O–H groups in total. The van der Waals surface area contributed by atoms with Crippen molar-refractivity contribution in [1.29, 1.82) is 0 Å². The van der Waals surface area contributed by atoms with Crippen LogP contribution in [-0.4, -0.2) is 49.4 Å². The van der Waals surface area contributed by atoms with Crippen LogP contribution in [0, 0.1) is 0 Å². The first-order chi connectivity index (χ1) is 12.1. The van der Waals surface area contributed by atoms with Gasteiger partial charge < -0.3 is 15.5 Å². The maximum absolute atomic E-state index is 12.3. The molecular formula is C16H17N3O4S2. The van der Waals surface area contributed by atoms with E-state index in [1.165, 1.54) is 28.1 Å². The van der Waals surface area contributed by atoms with Crippen molar-refractivity contribution in [2.45, 2.75) is 15.2 Å². The van der Waals surface area contributed by atoms with Crippen molar-refractivity contribution < 1.29 is 15.0 Å². The van der Waals surface area contributed by atoms with Gasteiger partial charge in [0, 0.05) is 22.3 Å². The summed E-state index contributed by atoms with van der Waals surface area (Å²) < 4.78 is 1.17. The van der Waals surface area contributed by atoms with Gasteiger partial charge in [-0.15, -0.1) is 23.5 Å². The van der Waals surface area contributed by atoms with E-state index in [-0.39, 0.29) is 40.1 Å². The molecule has 2 aromatic rings. The molecule has 0 radical (unpaired) electrons. The lowest BCUT2D eigenvalue weighted by molar-refractivity contribution is 0.102. The highest BCUT2D eigenvalue weighted by Crippen LogP contribution is 2.49. The van der Waals surface area contributed by atoms with Crippen molar-refractivity contribution >= 4 is 35.2 Å². The Hall–Kier alpha value is -1.81. The number of hydrogen-bond donors (Lipinski definition) is 3. The molecule has 132 valence electrons. The third-order valence-electron chi connectivity index (χ3n) is 3.69. The predicted octanol–water partition coefficient (Wildman–Crippen LogP) is 1.15. The van der Waals surface area contributed by atoms with Gasteiger partial charge in [-0.05, 0) is 18.2 Å². The molecule has 25 heavy (non-hydrogen) atoms. The summed E-state index contributed by atoms with van der Waals surface area (Å²) in [5, 5.41) is 21.0. The fourth-order valence-electron chi connectivity index (χ4n) is 2.38. The normalized spacial score (nSPS) is 20.6. The first-order valence-corrected chi connectivity index (χ1v) is 9.49. The molecule has 0 bridgehead atoms. The summed E-state index contributed by atoms with van der Waals surface area (Å²) in [6.07, 6.45) is 1.56. The van der Waals surface area contributed by atoms with E-state index < -0.39 is 5.69 Å². The van der Waals surface area contributed by atoms with Gasteiger partial charge >= 0.3 is 5.69 Å². The zero-order valence-corrected chi connectivity index (χ0v) is 14.7. The Morgan fingerprint density at radius 1 is 1.12 bits per heavy atom. The molecular weight excluding hydrogens is 362 g/mol. The molecule has 2 heterocycles. The maximum atomic E-state index is 12.3. The van der Waals surface area contributed by atoms with Crippen LogP contribution in [0.25, 0.3) is 0 Å². The predicted molar refractivity (Wildman–Crippen MR) is 98.9 cm³/mol. The van der Waals surface area contributed by atoms with E-state index in [0.717, 1.165) is 0 Å². The van der Waals surface area contributed by atoms with Gasteiger partial charge in [0.1, 0.15) is 10.5 Å². The van der Waals surface area contributed by atoms with Crippen molar-refractivity contribution in [3.8, 4) is 0 Å². The van der Waals surface area contributed by atoms with Crippen LogP contribution in [-0.2, 0) is 0 Å². The Labute approximate surface area is 152 Å². The number of anilines is 1. The van der Waals surface area contributed by atoms with Crippen LogP contribution in [0.5, 0.6) is 0 Å². The SMILES string of the molecule is O=C(Nc1ccn(C2S[C@H](CO)[C@@H](CO)S2)c(=O)n1)c1ccccc1. The number of thioether (sulfide) groups is 2. The Balaban J connectivity index is 1.73. The van der Waals surface area contributed by atoms with Gasteiger partial charge in [-0.2, -0.15) is 4.98 Å². The number of rotatable bonds is 5. The molecule has 1 aliphatic heterocycles. The lowest BCUT2D eigenvalue weighted by Crippen LogP contribution is -2.25. The molecule has 1 aliphatic rings. The largest absolute Gasteiger partial charge is 0.395 e. The van der Waals surface area contributed by atoms with Crippen LogP contribution in [0.3, 0.4) is 0 Å². The quantitative estimate of drug-likeness (QED) is 0.716. The number of carbonyl (C=O) groups excluding carboxylic acids is 1. The molecule has 2 atom stereocenters. The lowest BCUT2D eigenvalue weighted by atomic mass is 10.2. The fraction of sp³-hybridized carbons (Fsp3) is 0.312. The van der Waals surface area contributed by atoms with Gasteiger partial charge in [-0.3, -0.25) is 9.36 Å². The minimum absolute atomic E-state index is 0.0627. The van der Waals surface area contributed by atoms with Gasteiger partial charge in [0.05, 0.1) is 13.2 Å². The van der Waals surface area contributed by atoms with Crippen molar-refractivity contribution in [1.82, 2.24) is 9.55 Å². The van der Waals surface area contributed by atoms with E-state index in [9.17, 15) is 19.8 Å². The van der Waals surface area contributed by atoms with Crippen LogP contribution in [0.15, 0.2) is 47.4 Å². The molecule has 0 unspecified atom stereocenters. The number of nitrogens with zero attached hydrogens (tertiary/aromatic N) is 2. The lowest BCUT2D eigenvalue weighted by Gasteiger charge is -2.12. The highest BCUT2D eigenvalue weighted by Gasteiger charge is 2.36.